The molecule has 0 aromatic heterocycles. The van der Waals surface area contributed by atoms with Crippen LogP contribution in [0.5, 0.6) is 11.5 Å². The highest BCUT2D eigenvalue weighted by molar-refractivity contribution is 7.81. The van der Waals surface area contributed by atoms with Crippen molar-refractivity contribution in [2.45, 2.75) is 52.6 Å². The van der Waals surface area contributed by atoms with Gasteiger partial charge in [0.05, 0.1) is 5.56 Å². The monoisotopic (exact) mass is 430 g/mol. The summed E-state index contributed by atoms with van der Waals surface area (Å²) in [6, 6.07) is 10.7. The fraction of sp³-hybridized carbons (Fsp3) is 0.391. The summed E-state index contributed by atoms with van der Waals surface area (Å²) < 4.78 is 5.21. The lowest BCUT2D eigenvalue weighted by Crippen LogP contribution is -2.33. The van der Waals surface area contributed by atoms with Gasteiger partial charge in [0.2, 0.25) is 0 Å². The Morgan fingerprint density at radius 2 is 1.73 bits per heavy atom. The van der Waals surface area contributed by atoms with E-state index < -0.39 is 11.7 Å². The van der Waals surface area contributed by atoms with Gasteiger partial charge >= 0.3 is 6.09 Å². The van der Waals surface area contributed by atoms with E-state index in [0.717, 1.165) is 16.8 Å². The minimum atomic E-state index is -0.516. The first kappa shape index (κ1) is 23.5. The van der Waals surface area contributed by atoms with Crippen LogP contribution >= 0.6 is 12.2 Å². The van der Waals surface area contributed by atoms with Crippen LogP contribution < -0.4 is 10.6 Å². The summed E-state index contributed by atoms with van der Waals surface area (Å²) in [4.78, 5) is 12.0. The highest BCUT2D eigenvalue weighted by Gasteiger charge is 2.16. The maximum atomic E-state index is 11.7. The standard InChI is InChI=1S/C23H30N2O4S/c1-14(2)17-12-18(20(27)13-19(17)26)21(30)25-16-8-6-15(7-9-16)10-11-24-22(28)29-23(3,4)5/h6-9,12-14,26-27H,10-11H2,1-5H3,(H,24,28)(H,25,30). The van der Waals surface area contributed by atoms with Crippen LogP contribution in [-0.4, -0.2) is 33.4 Å². The van der Waals surface area contributed by atoms with Crippen molar-refractivity contribution < 1.29 is 19.7 Å². The number of phenolic OH excluding ortho intramolecular Hbond substituents is 2. The van der Waals surface area contributed by atoms with Crippen molar-refractivity contribution in [3.63, 3.8) is 0 Å². The Morgan fingerprint density at radius 1 is 1.10 bits per heavy atom. The fourth-order valence-corrected chi connectivity index (χ4v) is 3.10. The number of anilines is 1. The fourth-order valence-electron chi connectivity index (χ4n) is 2.81. The van der Waals surface area contributed by atoms with E-state index in [2.05, 4.69) is 10.6 Å². The Balaban J connectivity index is 1.95. The molecule has 0 saturated heterocycles. The summed E-state index contributed by atoms with van der Waals surface area (Å²) in [5.41, 5.74) is 2.51. The quantitative estimate of drug-likeness (QED) is 0.478. The zero-order valence-electron chi connectivity index (χ0n) is 18.1. The van der Waals surface area contributed by atoms with Crippen LogP contribution in [-0.2, 0) is 11.2 Å². The molecule has 0 aliphatic carbocycles. The van der Waals surface area contributed by atoms with Gasteiger partial charge < -0.3 is 25.6 Å². The SMILES string of the molecule is CC(C)c1cc(C(=S)Nc2ccc(CCNC(=O)OC(C)(C)C)cc2)c(O)cc1O. The van der Waals surface area contributed by atoms with Crippen LogP contribution in [0.25, 0.3) is 0 Å². The Kier molecular flexibility index (Phi) is 7.67. The molecule has 0 bridgehead atoms. The van der Waals surface area contributed by atoms with Gasteiger partial charge in [0, 0.05) is 18.3 Å². The maximum Gasteiger partial charge on any atom is 0.407 e. The van der Waals surface area contributed by atoms with Gasteiger partial charge in [-0.2, -0.15) is 0 Å². The smallest absolute Gasteiger partial charge is 0.407 e. The number of amides is 1. The number of hydrogen-bond donors (Lipinski definition) is 4. The van der Waals surface area contributed by atoms with Crippen LogP contribution in [0.4, 0.5) is 10.5 Å². The van der Waals surface area contributed by atoms with Crippen molar-refractivity contribution in [2.75, 3.05) is 11.9 Å². The number of rotatable bonds is 6. The average Bonchev–Trinajstić information content (AvgIpc) is 2.61. The third kappa shape index (κ3) is 6.91. The number of carbonyl (C=O) groups is 1. The second-order valence-electron chi connectivity index (χ2n) is 8.41. The molecule has 0 atom stereocenters. The number of alkyl carbamates (subject to hydrolysis) is 1. The average molecular weight is 431 g/mol. The zero-order valence-corrected chi connectivity index (χ0v) is 18.9. The number of thiocarbonyl (C=S) groups is 1. The van der Waals surface area contributed by atoms with Crippen LogP contribution in [0.2, 0.25) is 0 Å². The summed E-state index contributed by atoms with van der Waals surface area (Å²) in [5, 5.41) is 26.0. The summed E-state index contributed by atoms with van der Waals surface area (Å²) in [5.74, 6) is 0.0818. The Hall–Kier alpha value is -2.80. The van der Waals surface area contributed by atoms with E-state index in [1.807, 2.05) is 58.9 Å². The van der Waals surface area contributed by atoms with Gasteiger partial charge in [0.15, 0.2) is 0 Å². The Labute approximate surface area is 183 Å². The largest absolute Gasteiger partial charge is 0.508 e. The van der Waals surface area contributed by atoms with E-state index >= 15 is 0 Å². The van der Waals surface area contributed by atoms with Crippen LogP contribution in [0.1, 0.15) is 57.2 Å². The third-order valence-electron chi connectivity index (χ3n) is 4.31. The van der Waals surface area contributed by atoms with Gasteiger partial charge in [-0.1, -0.05) is 38.2 Å². The summed E-state index contributed by atoms with van der Waals surface area (Å²) in [7, 11) is 0. The van der Waals surface area contributed by atoms with Gasteiger partial charge in [-0.05, 0) is 62.4 Å². The van der Waals surface area contributed by atoms with Crippen LogP contribution in [0, 0.1) is 0 Å². The lowest BCUT2D eigenvalue weighted by molar-refractivity contribution is 0.0528. The first-order valence-electron chi connectivity index (χ1n) is 9.89. The molecular formula is C23H30N2O4S. The van der Waals surface area contributed by atoms with Crippen molar-refractivity contribution in [1.29, 1.82) is 0 Å². The molecule has 2 aromatic rings. The molecule has 4 N–H and O–H groups in total. The molecule has 30 heavy (non-hydrogen) atoms. The molecule has 6 nitrogen and oxygen atoms in total. The minimum absolute atomic E-state index is 0.0541. The predicted molar refractivity (Wildman–Crippen MR) is 124 cm³/mol. The van der Waals surface area contributed by atoms with E-state index in [0.29, 0.717) is 23.5 Å². The summed E-state index contributed by atoms with van der Waals surface area (Å²) in [6.45, 7) is 9.86. The second-order valence-corrected chi connectivity index (χ2v) is 8.82. The van der Waals surface area contributed by atoms with Crippen molar-refractivity contribution in [3.8, 4) is 11.5 Å². The Morgan fingerprint density at radius 3 is 2.30 bits per heavy atom. The van der Waals surface area contributed by atoms with E-state index in [4.69, 9.17) is 17.0 Å². The summed E-state index contributed by atoms with van der Waals surface area (Å²) >= 11 is 5.44. The molecule has 0 heterocycles. The van der Waals surface area contributed by atoms with E-state index in [1.54, 1.807) is 6.07 Å². The first-order chi connectivity index (χ1) is 14.0. The number of carbonyl (C=O) groups excluding carboxylic acids is 1. The molecule has 0 aliphatic heterocycles. The molecule has 162 valence electrons. The highest BCUT2D eigenvalue weighted by Crippen LogP contribution is 2.32. The molecule has 0 radical (unpaired) electrons. The molecule has 0 unspecified atom stereocenters. The summed E-state index contributed by atoms with van der Waals surface area (Å²) in [6.07, 6.45) is 0.237. The lowest BCUT2D eigenvalue weighted by Gasteiger charge is -2.19. The van der Waals surface area contributed by atoms with Gasteiger partial charge in [0.25, 0.3) is 0 Å². The topological polar surface area (TPSA) is 90.8 Å². The number of nitrogens with one attached hydrogen (secondary N) is 2. The molecule has 0 spiro atoms. The molecule has 7 heteroatoms. The van der Waals surface area contributed by atoms with Crippen molar-refractivity contribution >= 4 is 29.0 Å². The van der Waals surface area contributed by atoms with Gasteiger partial charge in [-0.3, -0.25) is 0 Å². The molecule has 0 fully saturated rings. The van der Waals surface area contributed by atoms with Crippen molar-refractivity contribution in [3.05, 3.63) is 53.1 Å². The second kappa shape index (κ2) is 9.80. The number of benzene rings is 2. The van der Waals surface area contributed by atoms with E-state index in [1.165, 1.54) is 6.07 Å². The van der Waals surface area contributed by atoms with Crippen molar-refractivity contribution in [2.24, 2.45) is 0 Å². The van der Waals surface area contributed by atoms with Gasteiger partial charge in [-0.25, -0.2) is 4.79 Å². The number of phenols is 2. The molecule has 1 amide bonds. The van der Waals surface area contributed by atoms with E-state index in [9.17, 15) is 15.0 Å². The Bertz CT molecular complexity index is 903. The van der Waals surface area contributed by atoms with Crippen LogP contribution in [0.3, 0.4) is 0 Å². The molecule has 0 aliphatic rings. The highest BCUT2D eigenvalue weighted by atomic mass is 32.1. The van der Waals surface area contributed by atoms with E-state index in [-0.39, 0.29) is 17.4 Å². The number of aromatic hydroxyl groups is 2. The number of ether oxygens (including phenoxy) is 1. The molecule has 2 rings (SSSR count). The lowest BCUT2D eigenvalue weighted by atomic mass is 9.99. The van der Waals surface area contributed by atoms with Gasteiger partial charge in [-0.15, -0.1) is 0 Å². The normalized spacial score (nSPS) is 11.3. The predicted octanol–water partition coefficient (Wildman–Crippen LogP) is 5.08. The molecular weight excluding hydrogens is 400 g/mol. The first-order valence-corrected chi connectivity index (χ1v) is 10.3. The zero-order chi connectivity index (χ0) is 22.5. The van der Waals surface area contributed by atoms with Crippen LogP contribution in [0.15, 0.2) is 36.4 Å². The minimum Gasteiger partial charge on any atom is -0.508 e. The number of hydrogen-bond acceptors (Lipinski definition) is 5. The van der Waals surface area contributed by atoms with Crippen molar-refractivity contribution in [1.82, 2.24) is 5.32 Å². The maximum absolute atomic E-state index is 11.7. The van der Waals surface area contributed by atoms with Gasteiger partial charge in [0.1, 0.15) is 22.1 Å². The molecule has 0 saturated carbocycles. The third-order valence-corrected chi connectivity index (χ3v) is 4.63. The molecule has 2 aromatic carbocycles.